The van der Waals surface area contributed by atoms with Gasteiger partial charge >= 0.3 is 6.18 Å². The van der Waals surface area contributed by atoms with Gasteiger partial charge < -0.3 is 0 Å². The van der Waals surface area contributed by atoms with Gasteiger partial charge in [-0.3, -0.25) is 4.99 Å². The maximum absolute atomic E-state index is 12.3. The highest BCUT2D eigenvalue weighted by Crippen LogP contribution is 2.25. The molecule has 0 aromatic rings. The van der Waals surface area contributed by atoms with Crippen molar-refractivity contribution in [2.75, 3.05) is 0 Å². The molecule has 0 aliphatic carbocycles. The van der Waals surface area contributed by atoms with Crippen molar-refractivity contribution < 1.29 is 13.2 Å². The smallest absolute Gasteiger partial charge is 0.252 e. The second-order valence-electron chi connectivity index (χ2n) is 4.15. The van der Waals surface area contributed by atoms with Gasteiger partial charge in [-0.2, -0.15) is 13.2 Å². The minimum absolute atomic E-state index is 0.586. The van der Waals surface area contributed by atoms with Gasteiger partial charge in [0.15, 0.2) is 0 Å². The van der Waals surface area contributed by atoms with Gasteiger partial charge in [0, 0.05) is 6.21 Å². The second kappa shape index (κ2) is 8.35. The summed E-state index contributed by atoms with van der Waals surface area (Å²) in [6.07, 6.45) is 4.44. The molecule has 1 nitrogen and oxygen atoms in total. The molecule has 110 valence electrons. The first-order chi connectivity index (χ1) is 9.26. The summed E-state index contributed by atoms with van der Waals surface area (Å²) in [5.41, 5.74) is 1.34. The van der Waals surface area contributed by atoms with Crippen LogP contribution in [-0.4, -0.2) is 12.4 Å². The predicted octanol–water partition coefficient (Wildman–Crippen LogP) is 5.55. The lowest BCUT2D eigenvalue weighted by Gasteiger charge is -2.07. The molecule has 20 heavy (non-hydrogen) atoms. The van der Waals surface area contributed by atoms with Gasteiger partial charge in [0.05, 0.1) is 0 Å². The van der Waals surface area contributed by atoms with Crippen LogP contribution in [0.3, 0.4) is 0 Å². The molecular formula is C16H20F3N. The fraction of sp³-hybridized carbons (Fsp3) is 0.312. The molecule has 0 fully saturated rings. The summed E-state index contributed by atoms with van der Waals surface area (Å²) >= 11 is 0. The molecule has 0 spiro atoms. The van der Waals surface area contributed by atoms with E-state index in [1.807, 2.05) is 19.9 Å². The van der Waals surface area contributed by atoms with Crippen LogP contribution in [0.25, 0.3) is 0 Å². The van der Waals surface area contributed by atoms with Crippen LogP contribution in [0.2, 0.25) is 0 Å². The zero-order chi connectivity index (χ0) is 15.8. The van der Waals surface area contributed by atoms with Crippen LogP contribution in [0.1, 0.15) is 27.2 Å². The molecular weight excluding hydrogens is 263 g/mol. The van der Waals surface area contributed by atoms with Crippen LogP contribution in [0, 0.1) is 0 Å². The average molecular weight is 283 g/mol. The van der Waals surface area contributed by atoms with Crippen molar-refractivity contribution in [1.29, 1.82) is 0 Å². The molecule has 0 saturated heterocycles. The SMILES string of the molecule is C=C/C=C(\C=C(/C)CC)C(/C=NC(=C)C(F)(F)F)=C/C. The summed E-state index contributed by atoms with van der Waals surface area (Å²) in [7, 11) is 0. The van der Waals surface area contributed by atoms with E-state index in [9.17, 15) is 13.2 Å². The maximum atomic E-state index is 12.3. The number of nitrogens with zero attached hydrogens (tertiary/aromatic N) is 1. The Balaban J connectivity index is 5.36. The van der Waals surface area contributed by atoms with Crippen molar-refractivity contribution in [3.05, 3.63) is 59.9 Å². The number of halogens is 3. The van der Waals surface area contributed by atoms with Crippen molar-refractivity contribution in [2.45, 2.75) is 33.4 Å². The average Bonchev–Trinajstić information content (AvgIpc) is 2.37. The highest BCUT2D eigenvalue weighted by atomic mass is 19.4. The molecule has 0 bridgehead atoms. The van der Waals surface area contributed by atoms with Gasteiger partial charge in [0.25, 0.3) is 0 Å². The monoisotopic (exact) mass is 283 g/mol. The van der Waals surface area contributed by atoms with Gasteiger partial charge in [-0.1, -0.05) is 50.0 Å². The first kappa shape index (κ1) is 18.2. The van der Waals surface area contributed by atoms with Crippen molar-refractivity contribution in [1.82, 2.24) is 0 Å². The van der Waals surface area contributed by atoms with Crippen LogP contribution in [-0.2, 0) is 0 Å². The molecule has 0 heterocycles. The normalized spacial score (nSPS) is 14.8. The number of alkyl halides is 3. The lowest BCUT2D eigenvalue weighted by molar-refractivity contribution is -0.0918. The summed E-state index contributed by atoms with van der Waals surface area (Å²) in [5, 5.41) is 0. The fourth-order valence-corrected chi connectivity index (χ4v) is 1.26. The van der Waals surface area contributed by atoms with E-state index < -0.39 is 11.9 Å². The minimum atomic E-state index is -4.51. The topological polar surface area (TPSA) is 12.4 Å². The standard InChI is InChI=1S/C16H20F3N/c1-6-9-15(10-12(4)7-2)14(8-3)11-20-13(5)16(17,18)19/h6,8-11H,1,5,7H2,2-4H3/b12-10+,14-8+,15-9+,20-11?. The molecule has 0 aromatic heterocycles. The van der Waals surface area contributed by atoms with E-state index in [0.29, 0.717) is 5.57 Å². The Morgan fingerprint density at radius 1 is 1.25 bits per heavy atom. The van der Waals surface area contributed by atoms with Crippen LogP contribution in [0.5, 0.6) is 0 Å². The highest BCUT2D eigenvalue weighted by molar-refractivity contribution is 5.86. The van der Waals surface area contributed by atoms with E-state index in [1.165, 1.54) is 6.21 Å². The minimum Gasteiger partial charge on any atom is -0.252 e. The van der Waals surface area contributed by atoms with Crippen molar-refractivity contribution in [3.8, 4) is 0 Å². The molecule has 0 aromatic carbocycles. The maximum Gasteiger partial charge on any atom is 0.432 e. The Bertz CT molecular complexity index is 474. The zero-order valence-electron chi connectivity index (χ0n) is 12.1. The van der Waals surface area contributed by atoms with Gasteiger partial charge in [-0.15, -0.1) is 0 Å². The number of aliphatic imine (C=N–C) groups is 1. The van der Waals surface area contributed by atoms with Crippen molar-refractivity contribution >= 4 is 6.21 Å². The van der Waals surface area contributed by atoms with E-state index >= 15 is 0 Å². The quantitative estimate of drug-likeness (QED) is 0.448. The summed E-state index contributed by atoms with van der Waals surface area (Å²) in [6.45, 7) is 12.2. The Labute approximate surface area is 118 Å². The molecule has 0 rings (SSSR count). The molecule has 0 aliphatic heterocycles. The second-order valence-corrected chi connectivity index (χ2v) is 4.15. The molecule has 0 atom stereocenters. The zero-order valence-corrected chi connectivity index (χ0v) is 12.1. The summed E-state index contributed by atoms with van der Waals surface area (Å²) < 4.78 is 37.0. The molecule has 0 amide bonds. The van der Waals surface area contributed by atoms with Crippen LogP contribution < -0.4 is 0 Å². The molecule has 0 unspecified atom stereocenters. The predicted molar refractivity (Wildman–Crippen MR) is 79.8 cm³/mol. The number of rotatable bonds is 6. The Morgan fingerprint density at radius 2 is 1.85 bits per heavy atom. The Hall–Kier alpha value is -1.84. The fourth-order valence-electron chi connectivity index (χ4n) is 1.26. The van der Waals surface area contributed by atoms with Gasteiger partial charge in [-0.05, 0) is 31.4 Å². The number of allylic oxidation sites excluding steroid dienone is 8. The van der Waals surface area contributed by atoms with E-state index in [-0.39, 0.29) is 0 Å². The van der Waals surface area contributed by atoms with Gasteiger partial charge in [-0.25, -0.2) is 0 Å². The van der Waals surface area contributed by atoms with Crippen molar-refractivity contribution in [3.63, 3.8) is 0 Å². The van der Waals surface area contributed by atoms with Crippen LogP contribution in [0.15, 0.2) is 64.9 Å². The molecule has 0 N–H and O–H groups in total. The van der Waals surface area contributed by atoms with E-state index in [1.54, 1.807) is 25.2 Å². The van der Waals surface area contributed by atoms with Gasteiger partial charge in [0.2, 0.25) is 0 Å². The third-order valence-electron chi connectivity index (χ3n) is 2.59. The highest BCUT2D eigenvalue weighted by Gasteiger charge is 2.31. The molecule has 4 heteroatoms. The van der Waals surface area contributed by atoms with Crippen LogP contribution >= 0.6 is 0 Å². The lowest BCUT2D eigenvalue weighted by atomic mass is 10.0. The van der Waals surface area contributed by atoms with E-state index in [2.05, 4.69) is 18.2 Å². The molecule has 0 radical (unpaired) electrons. The van der Waals surface area contributed by atoms with Crippen LogP contribution in [0.4, 0.5) is 13.2 Å². The third-order valence-corrected chi connectivity index (χ3v) is 2.59. The molecule has 0 saturated carbocycles. The Kier molecular flexibility index (Phi) is 7.59. The summed E-state index contributed by atoms with van der Waals surface area (Å²) in [5.74, 6) is 0. The largest absolute Gasteiger partial charge is 0.432 e. The van der Waals surface area contributed by atoms with E-state index in [4.69, 9.17) is 0 Å². The third kappa shape index (κ3) is 6.36. The van der Waals surface area contributed by atoms with Gasteiger partial charge in [0.1, 0.15) is 5.70 Å². The molecule has 0 aliphatic rings. The summed E-state index contributed by atoms with van der Waals surface area (Å²) in [6, 6.07) is 0. The van der Waals surface area contributed by atoms with Crippen molar-refractivity contribution in [2.24, 2.45) is 4.99 Å². The summed E-state index contributed by atoms with van der Waals surface area (Å²) in [4.78, 5) is 3.39. The lowest BCUT2D eigenvalue weighted by Crippen LogP contribution is -2.09. The number of hydrogen-bond acceptors (Lipinski definition) is 1. The first-order valence-corrected chi connectivity index (χ1v) is 6.23. The van der Waals surface area contributed by atoms with E-state index in [0.717, 1.165) is 17.6 Å². The number of hydrogen-bond donors (Lipinski definition) is 0. The Morgan fingerprint density at radius 3 is 2.25 bits per heavy atom. The first-order valence-electron chi connectivity index (χ1n) is 6.23.